The first-order valence-corrected chi connectivity index (χ1v) is 8.21. The second kappa shape index (κ2) is 6.34. The van der Waals surface area contributed by atoms with Crippen LogP contribution in [0.5, 0.6) is 0 Å². The maximum absolute atomic E-state index is 12.7. The highest BCUT2D eigenvalue weighted by molar-refractivity contribution is 5.97. The SMILES string of the molecule is CCCc1nn(-c2ccccc2)c(CC)c1C(=O)NC1CC1. The Bertz CT molecular complexity index is 656. The number of benzene rings is 1. The number of aromatic nitrogens is 2. The normalized spacial score (nSPS) is 14.1. The van der Waals surface area contributed by atoms with Crippen molar-refractivity contribution in [2.45, 2.75) is 52.0 Å². The number of para-hydroxylation sites is 1. The smallest absolute Gasteiger partial charge is 0.255 e. The molecule has 2 aromatic rings. The second-order valence-electron chi connectivity index (χ2n) is 5.87. The van der Waals surface area contributed by atoms with E-state index >= 15 is 0 Å². The zero-order chi connectivity index (χ0) is 15.5. The van der Waals surface area contributed by atoms with E-state index in [1.165, 1.54) is 0 Å². The number of rotatable bonds is 6. The Labute approximate surface area is 131 Å². The Kier molecular flexibility index (Phi) is 4.27. The Morgan fingerprint density at radius 3 is 2.59 bits per heavy atom. The minimum atomic E-state index is 0.0463. The van der Waals surface area contributed by atoms with Gasteiger partial charge in [-0.3, -0.25) is 4.79 Å². The summed E-state index contributed by atoms with van der Waals surface area (Å²) < 4.78 is 1.94. The molecule has 1 fully saturated rings. The summed E-state index contributed by atoms with van der Waals surface area (Å²) in [5, 5.41) is 7.86. The van der Waals surface area contributed by atoms with Gasteiger partial charge in [0.25, 0.3) is 5.91 Å². The summed E-state index contributed by atoms with van der Waals surface area (Å²) in [4.78, 5) is 12.7. The molecule has 1 aromatic heterocycles. The summed E-state index contributed by atoms with van der Waals surface area (Å²) in [6.07, 6.45) is 4.81. The lowest BCUT2D eigenvalue weighted by molar-refractivity contribution is 0.0949. The molecular formula is C18H23N3O. The van der Waals surface area contributed by atoms with Gasteiger partial charge >= 0.3 is 0 Å². The molecule has 22 heavy (non-hydrogen) atoms. The lowest BCUT2D eigenvalue weighted by Gasteiger charge is -2.08. The first kappa shape index (κ1) is 14.8. The summed E-state index contributed by atoms with van der Waals surface area (Å²) in [5.74, 6) is 0.0463. The van der Waals surface area contributed by atoms with E-state index in [1.54, 1.807) is 0 Å². The number of hydrogen-bond donors (Lipinski definition) is 1. The number of carbonyl (C=O) groups excluding carboxylic acids is 1. The molecule has 0 bridgehead atoms. The molecule has 4 heteroatoms. The summed E-state index contributed by atoms with van der Waals surface area (Å²) in [5.41, 5.74) is 3.73. The van der Waals surface area contributed by atoms with Crippen LogP contribution in [-0.4, -0.2) is 21.7 Å². The summed E-state index contributed by atoms with van der Waals surface area (Å²) in [6.45, 7) is 4.20. The minimum absolute atomic E-state index is 0.0463. The van der Waals surface area contributed by atoms with Crippen molar-refractivity contribution in [3.05, 3.63) is 47.3 Å². The second-order valence-corrected chi connectivity index (χ2v) is 5.87. The first-order chi connectivity index (χ1) is 10.7. The highest BCUT2D eigenvalue weighted by atomic mass is 16.1. The van der Waals surface area contributed by atoms with Crippen LogP contribution in [0, 0.1) is 0 Å². The first-order valence-electron chi connectivity index (χ1n) is 8.21. The van der Waals surface area contributed by atoms with Crippen LogP contribution < -0.4 is 5.32 Å². The fourth-order valence-electron chi connectivity index (χ4n) is 2.77. The van der Waals surface area contributed by atoms with Gasteiger partial charge in [0.05, 0.1) is 22.6 Å². The summed E-state index contributed by atoms with van der Waals surface area (Å²) in [7, 11) is 0. The molecule has 116 valence electrons. The van der Waals surface area contributed by atoms with Crippen molar-refractivity contribution in [1.29, 1.82) is 0 Å². The van der Waals surface area contributed by atoms with Gasteiger partial charge in [-0.25, -0.2) is 4.68 Å². The molecule has 0 atom stereocenters. The van der Waals surface area contributed by atoms with Gasteiger partial charge in [-0.1, -0.05) is 38.5 Å². The fourth-order valence-corrected chi connectivity index (χ4v) is 2.77. The van der Waals surface area contributed by atoms with Gasteiger partial charge in [-0.2, -0.15) is 5.10 Å². The van der Waals surface area contributed by atoms with Gasteiger partial charge < -0.3 is 5.32 Å². The van der Waals surface area contributed by atoms with Gasteiger partial charge in [0.2, 0.25) is 0 Å². The van der Waals surface area contributed by atoms with E-state index in [4.69, 9.17) is 5.10 Å². The molecule has 0 aliphatic heterocycles. The monoisotopic (exact) mass is 297 g/mol. The van der Waals surface area contributed by atoms with Gasteiger partial charge in [0, 0.05) is 6.04 Å². The van der Waals surface area contributed by atoms with E-state index in [1.807, 2.05) is 35.0 Å². The fraction of sp³-hybridized carbons (Fsp3) is 0.444. The molecule has 0 spiro atoms. The van der Waals surface area contributed by atoms with Crippen LogP contribution in [-0.2, 0) is 12.8 Å². The quantitative estimate of drug-likeness (QED) is 0.889. The zero-order valence-electron chi connectivity index (χ0n) is 13.3. The van der Waals surface area contributed by atoms with E-state index < -0.39 is 0 Å². The summed E-state index contributed by atoms with van der Waals surface area (Å²) in [6, 6.07) is 10.4. The predicted octanol–water partition coefficient (Wildman–Crippen LogP) is 3.28. The molecule has 0 unspecified atom stereocenters. The average molecular weight is 297 g/mol. The molecule has 1 heterocycles. The third-order valence-corrected chi connectivity index (χ3v) is 4.02. The van der Waals surface area contributed by atoms with E-state index in [2.05, 4.69) is 19.2 Å². The molecule has 0 radical (unpaired) electrons. The minimum Gasteiger partial charge on any atom is -0.349 e. The van der Waals surface area contributed by atoms with Crippen LogP contribution in [0.3, 0.4) is 0 Å². The molecule has 4 nitrogen and oxygen atoms in total. The van der Waals surface area contributed by atoms with Crippen molar-refractivity contribution in [2.75, 3.05) is 0 Å². The third-order valence-electron chi connectivity index (χ3n) is 4.02. The largest absolute Gasteiger partial charge is 0.349 e. The molecular weight excluding hydrogens is 274 g/mol. The maximum atomic E-state index is 12.7. The van der Waals surface area contributed by atoms with Gasteiger partial charge in [0.15, 0.2) is 0 Å². The van der Waals surface area contributed by atoms with Crippen LogP contribution in [0.4, 0.5) is 0 Å². The molecule has 1 aliphatic rings. The highest BCUT2D eigenvalue weighted by Gasteiger charge is 2.28. The van der Waals surface area contributed by atoms with Crippen molar-refractivity contribution < 1.29 is 4.79 Å². The average Bonchev–Trinajstić information content (AvgIpc) is 3.27. The molecule has 1 amide bonds. The van der Waals surface area contributed by atoms with E-state index in [0.29, 0.717) is 6.04 Å². The van der Waals surface area contributed by atoms with Crippen LogP contribution in [0.25, 0.3) is 5.69 Å². The molecule has 0 saturated heterocycles. The van der Waals surface area contributed by atoms with Crippen molar-refractivity contribution in [1.82, 2.24) is 15.1 Å². The molecule has 3 rings (SSSR count). The van der Waals surface area contributed by atoms with E-state index in [-0.39, 0.29) is 5.91 Å². The number of nitrogens with one attached hydrogen (secondary N) is 1. The topological polar surface area (TPSA) is 46.9 Å². The number of aryl methyl sites for hydroxylation is 1. The number of nitrogens with zero attached hydrogens (tertiary/aromatic N) is 2. The number of amides is 1. The van der Waals surface area contributed by atoms with Crippen molar-refractivity contribution in [3.8, 4) is 5.69 Å². The molecule has 1 saturated carbocycles. The Balaban J connectivity index is 2.05. The lowest BCUT2D eigenvalue weighted by atomic mass is 10.1. The van der Waals surface area contributed by atoms with Gasteiger partial charge in [0.1, 0.15) is 0 Å². The summed E-state index contributed by atoms with van der Waals surface area (Å²) >= 11 is 0. The van der Waals surface area contributed by atoms with Crippen LogP contribution in [0.15, 0.2) is 30.3 Å². The van der Waals surface area contributed by atoms with Gasteiger partial charge in [-0.05, 0) is 37.8 Å². The Hall–Kier alpha value is -2.10. The van der Waals surface area contributed by atoms with Crippen LogP contribution in [0.1, 0.15) is 54.9 Å². The van der Waals surface area contributed by atoms with Crippen molar-refractivity contribution in [3.63, 3.8) is 0 Å². The van der Waals surface area contributed by atoms with Crippen LogP contribution >= 0.6 is 0 Å². The van der Waals surface area contributed by atoms with Crippen molar-refractivity contribution >= 4 is 5.91 Å². The van der Waals surface area contributed by atoms with Crippen LogP contribution in [0.2, 0.25) is 0 Å². The maximum Gasteiger partial charge on any atom is 0.255 e. The Morgan fingerprint density at radius 1 is 1.27 bits per heavy atom. The van der Waals surface area contributed by atoms with E-state index in [0.717, 1.165) is 54.7 Å². The molecule has 1 N–H and O–H groups in total. The van der Waals surface area contributed by atoms with Crippen molar-refractivity contribution in [2.24, 2.45) is 0 Å². The lowest BCUT2D eigenvalue weighted by Crippen LogP contribution is -2.27. The standard InChI is InChI=1S/C18H23N3O/c1-3-8-15-17(18(22)19-13-11-12-13)16(4-2)21(20-15)14-9-6-5-7-10-14/h5-7,9-10,13H,3-4,8,11-12H2,1-2H3,(H,19,22). The predicted molar refractivity (Wildman–Crippen MR) is 87.4 cm³/mol. The number of carbonyl (C=O) groups is 1. The van der Waals surface area contributed by atoms with Gasteiger partial charge in [-0.15, -0.1) is 0 Å². The molecule has 1 aromatic carbocycles. The molecule has 1 aliphatic carbocycles. The highest BCUT2D eigenvalue weighted by Crippen LogP contribution is 2.24. The number of hydrogen-bond acceptors (Lipinski definition) is 2. The zero-order valence-corrected chi connectivity index (χ0v) is 13.3. The Morgan fingerprint density at radius 2 is 2.00 bits per heavy atom. The van der Waals surface area contributed by atoms with E-state index in [9.17, 15) is 4.79 Å². The third kappa shape index (κ3) is 2.91.